The Hall–Kier alpha value is -3.19. The van der Waals surface area contributed by atoms with E-state index in [0.717, 1.165) is 29.6 Å². The van der Waals surface area contributed by atoms with Gasteiger partial charge in [0, 0.05) is 10.8 Å². The Kier molecular flexibility index (Phi) is 3.68. The van der Waals surface area contributed by atoms with Crippen LogP contribution in [0.5, 0.6) is 0 Å². The standard InChI is InChI=1S/C26H21N/c1-3-17(4-2)26-25-21-14-8-6-12-19(21)18-11-5-7-13-20(18)24(25)22-15-9-10-16-23(22)27-26/h3-6,8-12,14-16H,1,7,13H2,2H3/b17-4+. The van der Waals surface area contributed by atoms with Crippen LogP contribution in [0, 0.1) is 0 Å². The summed E-state index contributed by atoms with van der Waals surface area (Å²) in [6.45, 7) is 6.10. The van der Waals surface area contributed by atoms with Gasteiger partial charge in [-0.15, -0.1) is 0 Å². The van der Waals surface area contributed by atoms with Crippen LogP contribution in [-0.2, 0) is 6.42 Å². The summed E-state index contributed by atoms with van der Waals surface area (Å²) in [6, 6.07) is 17.3. The first-order valence-electron chi connectivity index (χ1n) is 9.55. The summed E-state index contributed by atoms with van der Waals surface area (Å²) < 4.78 is 0. The fourth-order valence-electron chi connectivity index (χ4n) is 4.46. The number of allylic oxidation sites excluding steroid dienone is 4. The zero-order valence-corrected chi connectivity index (χ0v) is 15.5. The van der Waals surface area contributed by atoms with Gasteiger partial charge in [-0.2, -0.15) is 0 Å². The van der Waals surface area contributed by atoms with Gasteiger partial charge in [0.1, 0.15) is 0 Å². The second kappa shape index (κ2) is 6.21. The highest BCUT2D eigenvalue weighted by atomic mass is 14.7. The minimum absolute atomic E-state index is 1.04. The Morgan fingerprint density at radius 2 is 1.70 bits per heavy atom. The molecule has 4 aromatic rings. The number of pyridine rings is 1. The first-order chi connectivity index (χ1) is 13.3. The molecule has 1 nitrogen and oxygen atoms in total. The SMILES string of the molecule is C=C/C(=C\C)c1nc2ccccc2c2c3c(c4ccccc4c12)C=CCC3. The van der Waals surface area contributed by atoms with Crippen molar-refractivity contribution in [3.8, 4) is 0 Å². The molecule has 5 rings (SSSR count). The van der Waals surface area contributed by atoms with Crippen molar-refractivity contribution in [2.24, 2.45) is 0 Å². The lowest BCUT2D eigenvalue weighted by Gasteiger charge is -2.21. The molecule has 1 aliphatic carbocycles. The van der Waals surface area contributed by atoms with Crippen LogP contribution in [0.1, 0.15) is 30.2 Å². The van der Waals surface area contributed by atoms with E-state index >= 15 is 0 Å². The van der Waals surface area contributed by atoms with Gasteiger partial charge in [0.25, 0.3) is 0 Å². The average Bonchev–Trinajstić information content (AvgIpc) is 2.74. The largest absolute Gasteiger partial charge is 0.247 e. The Bertz CT molecular complexity index is 1290. The number of nitrogens with zero attached hydrogens (tertiary/aromatic N) is 1. The van der Waals surface area contributed by atoms with Crippen molar-refractivity contribution < 1.29 is 0 Å². The molecule has 0 fully saturated rings. The van der Waals surface area contributed by atoms with Crippen LogP contribution in [0.15, 0.2) is 73.3 Å². The molecule has 0 spiro atoms. The fourth-order valence-corrected chi connectivity index (χ4v) is 4.46. The Morgan fingerprint density at radius 3 is 2.48 bits per heavy atom. The maximum absolute atomic E-state index is 5.09. The quantitative estimate of drug-likeness (QED) is 0.278. The van der Waals surface area contributed by atoms with Crippen LogP contribution >= 0.6 is 0 Å². The first kappa shape index (κ1) is 16.0. The zero-order valence-electron chi connectivity index (χ0n) is 15.5. The van der Waals surface area contributed by atoms with Gasteiger partial charge < -0.3 is 0 Å². The van der Waals surface area contributed by atoms with Gasteiger partial charge in [-0.1, -0.05) is 73.3 Å². The number of benzene rings is 3. The molecule has 1 heteroatoms. The van der Waals surface area contributed by atoms with Gasteiger partial charge >= 0.3 is 0 Å². The van der Waals surface area contributed by atoms with Crippen molar-refractivity contribution in [3.05, 3.63) is 90.2 Å². The van der Waals surface area contributed by atoms with Crippen molar-refractivity contribution in [3.63, 3.8) is 0 Å². The molecule has 0 amide bonds. The smallest absolute Gasteiger partial charge is 0.0790 e. The number of rotatable bonds is 2. The highest BCUT2D eigenvalue weighted by Crippen LogP contribution is 2.42. The Labute approximate surface area is 159 Å². The van der Waals surface area contributed by atoms with E-state index in [1.165, 1.54) is 38.1 Å². The summed E-state index contributed by atoms with van der Waals surface area (Å²) in [4.78, 5) is 5.09. The molecule has 1 heterocycles. The molecule has 0 N–H and O–H groups in total. The molecular formula is C26H21N. The zero-order chi connectivity index (χ0) is 18.4. The van der Waals surface area contributed by atoms with Crippen LogP contribution in [0.3, 0.4) is 0 Å². The third kappa shape index (κ3) is 2.28. The summed E-state index contributed by atoms with van der Waals surface area (Å²) in [7, 11) is 0. The molecule has 0 saturated carbocycles. The molecule has 0 radical (unpaired) electrons. The Morgan fingerprint density at radius 1 is 0.963 bits per heavy atom. The molecule has 0 saturated heterocycles. The van der Waals surface area contributed by atoms with Gasteiger partial charge in [0.2, 0.25) is 0 Å². The van der Waals surface area contributed by atoms with Gasteiger partial charge in [0.15, 0.2) is 0 Å². The van der Waals surface area contributed by atoms with E-state index < -0.39 is 0 Å². The van der Waals surface area contributed by atoms with E-state index in [1.807, 2.05) is 6.08 Å². The number of para-hydroxylation sites is 1. The molecule has 0 bridgehead atoms. The lowest BCUT2D eigenvalue weighted by atomic mass is 9.84. The second-order valence-corrected chi connectivity index (χ2v) is 7.05. The summed E-state index contributed by atoms with van der Waals surface area (Å²) in [5.41, 5.74) is 5.99. The van der Waals surface area contributed by atoms with E-state index in [0.29, 0.717) is 0 Å². The maximum atomic E-state index is 5.09. The minimum atomic E-state index is 1.04. The van der Waals surface area contributed by atoms with Crippen molar-refractivity contribution in [2.45, 2.75) is 19.8 Å². The van der Waals surface area contributed by atoms with Crippen LogP contribution in [0.4, 0.5) is 0 Å². The minimum Gasteiger partial charge on any atom is -0.247 e. The highest BCUT2D eigenvalue weighted by molar-refractivity contribution is 6.23. The lowest BCUT2D eigenvalue weighted by molar-refractivity contribution is 1.00. The molecule has 3 aromatic carbocycles. The molecular weight excluding hydrogens is 326 g/mol. The van der Waals surface area contributed by atoms with E-state index in [4.69, 9.17) is 4.98 Å². The molecule has 0 unspecified atom stereocenters. The number of aromatic nitrogens is 1. The Balaban J connectivity index is 2.16. The maximum Gasteiger partial charge on any atom is 0.0790 e. The number of aryl methyl sites for hydroxylation is 1. The van der Waals surface area contributed by atoms with E-state index in [1.54, 1.807) is 0 Å². The average molecular weight is 347 g/mol. The highest BCUT2D eigenvalue weighted by Gasteiger charge is 2.20. The number of hydrogen-bond donors (Lipinski definition) is 0. The van der Waals surface area contributed by atoms with Gasteiger partial charge in [0.05, 0.1) is 11.2 Å². The summed E-state index contributed by atoms with van der Waals surface area (Å²) in [5, 5.41) is 6.44. The topological polar surface area (TPSA) is 12.9 Å². The van der Waals surface area contributed by atoms with Crippen LogP contribution in [0.2, 0.25) is 0 Å². The molecule has 27 heavy (non-hydrogen) atoms. The van der Waals surface area contributed by atoms with Crippen LogP contribution in [0.25, 0.3) is 44.1 Å². The van der Waals surface area contributed by atoms with Gasteiger partial charge in [-0.25, -0.2) is 4.98 Å². The van der Waals surface area contributed by atoms with Crippen LogP contribution in [-0.4, -0.2) is 4.98 Å². The monoisotopic (exact) mass is 347 g/mol. The van der Waals surface area contributed by atoms with Crippen LogP contribution < -0.4 is 0 Å². The van der Waals surface area contributed by atoms with Crippen molar-refractivity contribution >= 4 is 44.1 Å². The lowest BCUT2D eigenvalue weighted by Crippen LogP contribution is -2.02. The molecule has 130 valence electrons. The van der Waals surface area contributed by atoms with Gasteiger partial charge in [-0.3, -0.25) is 0 Å². The normalized spacial score (nSPS) is 14.0. The predicted molar refractivity (Wildman–Crippen MR) is 118 cm³/mol. The van der Waals surface area contributed by atoms with Crippen molar-refractivity contribution in [2.75, 3.05) is 0 Å². The number of fused-ring (bicyclic) bond motifs is 8. The van der Waals surface area contributed by atoms with E-state index in [9.17, 15) is 0 Å². The molecule has 0 atom stereocenters. The molecule has 0 aliphatic heterocycles. The second-order valence-electron chi connectivity index (χ2n) is 7.05. The third-order valence-electron chi connectivity index (χ3n) is 5.66. The van der Waals surface area contributed by atoms with E-state index in [2.05, 4.69) is 80.3 Å². The molecule has 1 aliphatic rings. The first-order valence-corrected chi connectivity index (χ1v) is 9.55. The number of hydrogen-bond acceptors (Lipinski definition) is 1. The van der Waals surface area contributed by atoms with Crippen molar-refractivity contribution in [1.82, 2.24) is 4.98 Å². The third-order valence-corrected chi connectivity index (χ3v) is 5.66. The predicted octanol–water partition coefficient (Wildman–Crippen LogP) is 7.09. The summed E-state index contributed by atoms with van der Waals surface area (Å²) >= 11 is 0. The summed E-state index contributed by atoms with van der Waals surface area (Å²) in [6.07, 6.45) is 10.8. The fraction of sp³-hybridized carbons (Fsp3) is 0.115. The van der Waals surface area contributed by atoms with E-state index in [-0.39, 0.29) is 0 Å². The van der Waals surface area contributed by atoms with Crippen molar-refractivity contribution in [1.29, 1.82) is 0 Å². The molecule has 1 aromatic heterocycles. The summed E-state index contributed by atoms with van der Waals surface area (Å²) in [5.74, 6) is 0. The van der Waals surface area contributed by atoms with Gasteiger partial charge in [-0.05, 0) is 58.7 Å².